The standard InChI is InChI=1S/C21H23F3N4O4S/c1-32-18-9-17-13(10-28(27-17)14-4-2-12(11-29)3-5-14)8-16(18)15-6-7-19(21(22,23)24)26-20(15)33(25,30)31/h6-10,12,14,29H,2-5,11H2,1H3,(H2,25,30,31). The summed E-state index contributed by atoms with van der Waals surface area (Å²) >= 11 is 0. The third kappa shape index (κ3) is 4.68. The first-order chi connectivity index (χ1) is 15.5. The number of benzene rings is 1. The molecule has 8 nitrogen and oxygen atoms in total. The first-order valence-electron chi connectivity index (χ1n) is 10.3. The zero-order valence-corrected chi connectivity index (χ0v) is 18.5. The number of nitrogens with two attached hydrogens (primary N) is 1. The van der Waals surface area contributed by atoms with Gasteiger partial charge >= 0.3 is 6.18 Å². The lowest BCUT2D eigenvalue weighted by atomic mass is 9.87. The molecule has 0 bridgehead atoms. The molecular weight excluding hydrogens is 461 g/mol. The van der Waals surface area contributed by atoms with Crippen LogP contribution in [0.1, 0.15) is 37.4 Å². The van der Waals surface area contributed by atoms with Gasteiger partial charge in [0.2, 0.25) is 0 Å². The van der Waals surface area contributed by atoms with Gasteiger partial charge in [0.25, 0.3) is 10.0 Å². The molecule has 2 heterocycles. The Morgan fingerprint density at radius 3 is 2.45 bits per heavy atom. The van der Waals surface area contributed by atoms with Crippen LogP contribution in [0.4, 0.5) is 13.2 Å². The van der Waals surface area contributed by atoms with Gasteiger partial charge in [-0.15, -0.1) is 0 Å². The second-order valence-corrected chi connectivity index (χ2v) is 9.65. The van der Waals surface area contributed by atoms with E-state index in [0.29, 0.717) is 22.9 Å². The number of hydrogen-bond donors (Lipinski definition) is 2. The van der Waals surface area contributed by atoms with Gasteiger partial charge in [0, 0.05) is 35.4 Å². The van der Waals surface area contributed by atoms with Crippen molar-refractivity contribution in [1.29, 1.82) is 0 Å². The molecule has 2 aromatic heterocycles. The Morgan fingerprint density at radius 1 is 1.18 bits per heavy atom. The first-order valence-corrected chi connectivity index (χ1v) is 11.8. The summed E-state index contributed by atoms with van der Waals surface area (Å²) in [6.07, 6.45) is 0.490. The molecule has 1 saturated carbocycles. The van der Waals surface area contributed by atoms with E-state index in [4.69, 9.17) is 9.88 Å². The topological polar surface area (TPSA) is 120 Å². The van der Waals surface area contributed by atoms with E-state index in [1.165, 1.54) is 7.11 Å². The monoisotopic (exact) mass is 484 g/mol. The van der Waals surface area contributed by atoms with Gasteiger partial charge in [-0.3, -0.25) is 4.68 Å². The summed E-state index contributed by atoms with van der Waals surface area (Å²) in [6.45, 7) is 0.169. The van der Waals surface area contributed by atoms with Crippen molar-refractivity contribution in [3.05, 3.63) is 36.2 Å². The number of methoxy groups -OCH3 is 1. The largest absolute Gasteiger partial charge is 0.496 e. The first kappa shape index (κ1) is 23.5. The van der Waals surface area contributed by atoms with Crippen molar-refractivity contribution < 1.29 is 31.4 Å². The van der Waals surface area contributed by atoms with Crippen LogP contribution >= 0.6 is 0 Å². The van der Waals surface area contributed by atoms with Gasteiger partial charge in [-0.05, 0) is 49.8 Å². The van der Waals surface area contributed by atoms with Crippen LogP contribution < -0.4 is 9.88 Å². The van der Waals surface area contributed by atoms with Gasteiger partial charge in [-0.2, -0.15) is 18.3 Å². The molecule has 0 amide bonds. The number of alkyl halides is 3. The van der Waals surface area contributed by atoms with Gasteiger partial charge in [0.05, 0.1) is 18.7 Å². The predicted octanol–water partition coefficient (Wildman–Crippen LogP) is 3.50. The molecule has 0 atom stereocenters. The van der Waals surface area contributed by atoms with E-state index in [0.717, 1.165) is 31.7 Å². The molecule has 1 aliphatic rings. The van der Waals surface area contributed by atoms with Crippen molar-refractivity contribution in [2.24, 2.45) is 11.1 Å². The Bertz CT molecular complexity index is 1280. The van der Waals surface area contributed by atoms with E-state index in [2.05, 4.69) is 10.1 Å². The normalized spacial score (nSPS) is 19.7. The van der Waals surface area contributed by atoms with Crippen LogP contribution in [0.15, 0.2) is 35.5 Å². The molecule has 3 aromatic rings. The highest BCUT2D eigenvalue weighted by Gasteiger charge is 2.35. The van der Waals surface area contributed by atoms with Crippen molar-refractivity contribution in [3.8, 4) is 16.9 Å². The molecule has 1 fully saturated rings. The van der Waals surface area contributed by atoms with E-state index < -0.39 is 26.9 Å². The molecule has 1 aromatic carbocycles. The smallest absolute Gasteiger partial charge is 0.433 e. The van der Waals surface area contributed by atoms with Crippen LogP contribution in [0.3, 0.4) is 0 Å². The minimum absolute atomic E-state index is 0.0968. The molecule has 0 radical (unpaired) electrons. The van der Waals surface area contributed by atoms with Crippen molar-refractivity contribution in [2.45, 2.75) is 42.9 Å². The average Bonchev–Trinajstić information content (AvgIpc) is 3.19. The second-order valence-electron chi connectivity index (χ2n) is 8.17. The Hall–Kier alpha value is -2.70. The van der Waals surface area contributed by atoms with Crippen LogP contribution in [0.25, 0.3) is 22.0 Å². The number of rotatable bonds is 5. The molecule has 1 aliphatic carbocycles. The van der Waals surface area contributed by atoms with E-state index in [1.54, 1.807) is 12.1 Å². The lowest BCUT2D eigenvalue weighted by Gasteiger charge is -2.27. The van der Waals surface area contributed by atoms with Gasteiger partial charge < -0.3 is 9.84 Å². The van der Waals surface area contributed by atoms with Crippen LogP contribution in [0.5, 0.6) is 5.75 Å². The quantitative estimate of drug-likeness (QED) is 0.572. The number of aliphatic hydroxyl groups excluding tert-OH is 1. The summed E-state index contributed by atoms with van der Waals surface area (Å²) in [7, 11) is -3.20. The van der Waals surface area contributed by atoms with Gasteiger partial charge in [-0.1, -0.05) is 0 Å². The molecule has 12 heteroatoms. The number of aliphatic hydroxyl groups is 1. The van der Waals surface area contributed by atoms with Gasteiger partial charge in [0.15, 0.2) is 5.03 Å². The fourth-order valence-corrected chi connectivity index (χ4v) is 4.96. The molecule has 0 saturated heterocycles. The SMILES string of the molecule is COc1cc2nn(C3CCC(CO)CC3)cc2cc1-c1ccc(C(F)(F)F)nc1S(N)(=O)=O. The summed E-state index contributed by atoms with van der Waals surface area (Å²) in [5.41, 5.74) is -0.627. The number of aromatic nitrogens is 3. The molecular formula is C21H23F3N4O4S. The van der Waals surface area contributed by atoms with Crippen LogP contribution in [-0.4, -0.2) is 42.0 Å². The summed E-state index contributed by atoms with van der Waals surface area (Å²) in [6, 6.07) is 5.10. The Labute approximate surface area is 188 Å². The third-order valence-electron chi connectivity index (χ3n) is 6.00. The second kappa shape index (κ2) is 8.58. The Morgan fingerprint density at radius 2 is 1.88 bits per heavy atom. The third-order valence-corrected chi connectivity index (χ3v) is 6.85. The molecule has 0 spiro atoms. The molecule has 3 N–H and O–H groups in total. The summed E-state index contributed by atoms with van der Waals surface area (Å²) < 4.78 is 70.8. The summed E-state index contributed by atoms with van der Waals surface area (Å²) in [5.74, 6) is 0.518. The number of nitrogens with zero attached hydrogens (tertiary/aromatic N) is 3. The number of fused-ring (bicyclic) bond motifs is 1. The minimum Gasteiger partial charge on any atom is -0.496 e. The maximum absolute atomic E-state index is 13.1. The van der Waals surface area contributed by atoms with Crippen LogP contribution in [0, 0.1) is 5.92 Å². The van der Waals surface area contributed by atoms with E-state index in [1.807, 2.05) is 10.9 Å². The summed E-state index contributed by atoms with van der Waals surface area (Å²) in [4.78, 5) is 3.31. The number of hydrogen-bond acceptors (Lipinski definition) is 6. The fraction of sp³-hybridized carbons (Fsp3) is 0.429. The maximum atomic E-state index is 13.1. The zero-order chi connectivity index (χ0) is 24.0. The highest BCUT2D eigenvalue weighted by atomic mass is 32.2. The lowest BCUT2D eigenvalue weighted by molar-refractivity contribution is -0.141. The molecule has 33 heavy (non-hydrogen) atoms. The maximum Gasteiger partial charge on any atom is 0.433 e. The fourth-order valence-electron chi connectivity index (χ4n) is 4.25. The number of sulfonamides is 1. The Kier molecular flexibility index (Phi) is 6.10. The highest BCUT2D eigenvalue weighted by molar-refractivity contribution is 7.89. The number of primary sulfonamides is 1. The lowest BCUT2D eigenvalue weighted by Crippen LogP contribution is -2.20. The van der Waals surface area contributed by atoms with Crippen molar-refractivity contribution in [1.82, 2.24) is 14.8 Å². The minimum atomic E-state index is -4.83. The number of halogens is 3. The zero-order valence-electron chi connectivity index (χ0n) is 17.7. The summed E-state index contributed by atoms with van der Waals surface area (Å²) in [5, 5.41) is 18.9. The van der Waals surface area contributed by atoms with E-state index in [9.17, 15) is 26.7 Å². The average molecular weight is 485 g/mol. The molecule has 178 valence electrons. The molecule has 0 unspecified atom stereocenters. The van der Waals surface area contributed by atoms with Crippen molar-refractivity contribution in [3.63, 3.8) is 0 Å². The number of ether oxygens (including phenoxy) is 1. The predicted molar refractivity (Wildman–Crippen MR) is 114 cm³/mol. The van der Waals surface area contributed by atoms with Crippen molar-refractivity contribution >= 4 is 20.9 Å². The highest BCUT2D eigenvalue weighted by Crippen LogP contribution is 2.39. The molecule has 0 aliphatic heterocycles. The Balaban J connectivity index is 1.81. The van der Waals surface area contributed by atoms with Gasteiger partial charge in [0.1, 0.15) is 11.4 Å². The van der Waals surface area contributed by atoms with Crippen molar-refractivity contribution in [2.75, 3.05) is 13.7 Å². The molecule has 4 rings (SSSR count). The van der Waals surface area contributed by atoms with E-state index >= 15 is 0 Å². The van der Waals surface area contributed by atoms with Gasteiger partial charge in [-0.25, -0.2) is 18.5 Å². The number of pyridine rings is 1. The van der Waals surface area contributed by atoms with Crippen LogP contribution in [0.2, 0.25) is 0 Å². The van der Waals surface area contributed by atoms with Crippen LogP contribution in [-0.2, 0) is 16.2 Å². The van der Waals surface area contributed by atoms with E-state index in [-0.39, 0.29) is 29.5 Å².